The molecule has 0 bridgehead atoms. The first-order chi connectivity index (χ1) is 20.6. The van der Waals surface area contributed by atoms with Crippen molar-refractivity contribution >= 4 is 70.5 Å². The molecule has 0 unspecified atom stereocenters. The molecule has 0 saturated carbocycles. The van der Waals surface area contributed by atoms with Gasteiger partial charge in [0.25, 0.3) is 0 Å². The Kier molecular flexibility index (Phi) is 15.3. The van der Waals surface area contributed by atoms with Crippen LogP contribution in [0.25, 0.3) is 12.2 Å². The minimum absolute atomic E-state index is 0. The van der Waals surface area contributed by atoms with Crippen molar-refractivity contribution in [1.82, 2.24) is 0 Å². The summed E-state index contributed by atoms with van der Waals surface area (Å²) in [5, 5.41) is 29.6. The van der Waals surface area contributed by atoms with Gasteiger partial charge in [0.2, 0.25) is 11.8 Å². The van der Waals surface area contributed by atoms with Gasteiger partial charge in [-0.2, -0.15) is 0 Å². The molecule has 216 valence electrons. The molecule has 4 aromatic rings. The average molecular weight is 659 g/mol. The fourth-order valence-corrected chi connectivity index (χ4v) is 4.49. The number of benzene rings is 4. The topological polar surface area (TPSA) is 138 Å². The third-order valence-corrected chi connectivity index (χ3v) is 6.86. The quantitative estimate of drug-likeness (QED) is 0.159. The molecule has 4 aromatic carbocycles. The summed E-state index contributed by atoms with van der Waals surface area (Å²) >= 11 is 12.2. The summed E-state index contributed by atoms with van der Waals surface area (Å²) in [6.07, 6.45) is 5.59. The van der Waals surface area contributed by atoms with Crippen molar-refractivity contribution in [3.05, 3.63) is 141 Å². The van der Waals surface area contributed by atoms with Crippen molar-refractivity contribution in [3.63, 3.8) is 0 Å². The first-order valence-electron chi connectivity index (χ1n) is 12.8. The molecule has 45 heavy (non-hydrogen) atoms. The molecule has 0 atom stereocenters. The number of rotatable bonds is 10. The van der Waals surface area contributed by atoms with Crippen molar-refractivity contribution in [2.45, 2.75) is 6.42 Å². The summed E-state index contributed by atoms with van der Waals surface area (Å²) in [6, 6.07) is 22.5. The molecule has 0 fully saturated rings. The Morgan fingerprint density at radius 3 is 1.33 bits per heavy atom. The Labute approximate surface area is 313 Å². The summed E-state index contributed by atoms with van der Waals surface area (Å²) in [6.45, 7) is 0. The summed E-state index contributed by atoms with van der Waals surface area (Å²) < 4.78 is 0. The number of carbonyl (C=O) groups excluding carboxylic acids is 4. The molecule has 0 radical (unpaired) electrons. The van der Waals surface area contributed by atoms with E-state index in [1.807, 2.05) is 0 Å². The van der Waals surface area contributed by atoms with E-state index in [9.17, 15) is 29.4 Å². The molecule has 0 heterocycles. The molecular weight excluding hydrogens is 637 g/mol. The Morgan fingerprint density at radius 1 is 0.600 bits per heavy atom. The summed E-state index contributed by atoms with van der Waals surface area (Å²) in [5.41, 5.74) is 1.78. The van der Waals surface area contributed by atoms with Gasteiger partial charge in [0.05, 0.1) is 23.3 Å². The molecule has 0 aliphatic rings. The van der Waals surface area contributed by atoms with Crippen LogP contribution in [0.15, 0.2) is 97.1 Å². The van der Waals surface area contributed by atoms with Gasteiger partial charge >= 0.3 is 59.1 Å². The monoisotopic (exact) mass is 658 g/mol. The smallest absolute Gasteiger partial charge is 0.545 e. The molecule has 12 heteroatoms. The molecule has 0 saturated heterocycles. The van der Waals surface area contributed by atoms with Crippen molar-refractivity contribution in [3.8, 4) is 0 Å². The minimum atomic E-state index is -1.51. The number of amides is 2. The predicted molar refractivity (Wildman–Crippen MR) is 163 cm³/mol. The normalized spacial score (nSPS) is 10.5. The van der Waals surface area contributed by atoms with Gasteiger partial charge in [0, 0.05) is 33.3 Å². The third kappa shape index (κ3) is 11.0. The average Bonchev–Trinajstić information content (AvgIpc) is 2.97. The van der Waals surface area contributed by atoms with E-state index in [0.29, 0.717) is 32.3 Å². The second kappa shape index (κ2) is 18.1. The molecule has 2 amide bonds. The first-order valence-corrected chi connectivity index (χ1v) is 13.5. The summed E-state index contributed by atoms with van der Waals surface area (Å²) in [5.74, 6) is -4.17. The fourth-order valence-electron chi connectivity index (χ4n) is 4.09. The van der Waals surface area contributed by atoms with Crippen molar-refractivity contribution in [2.75, 3.05) is 10.6 Å². The zero-order chi connectivity index (χ0) is 30.9. The third-order valence-electron chi connectivity index (χ3n) is 6.17. The summed E-state index contributed by atoms with van der Waals surface area (Å²) in [7, 11) is 0. The number of anilines is 2. The number of carbonyl (C=O) groups is 4. The van der Waals surface area contributed by atoms with Gasteiger partial charge in [-0.1, -0.05) is 71.7 Å². The maximum absolute atomic E-state index is 12.4. The van der Waals surface area contributed by atoms with E-state index in [0.717, 1.165) is 0 Å². The Balaban J connectivity index is 0.00000353. The number of nitrogens with one attached hydrogen (secondary N) is 2. The van der Waals surface area contributed by atoms with Crippen LogP contribution < -0.4 is 80.0 Å². The number of aromatic carboxylic acids is 2. The molecule has 0 aliphatic carbocycles. The number of hydrogen-bond donors (Lipinski definition) is 2. The van der Waals surface area contributed by atoms with Gasteiger partial charge in [-0.3, -0.25) is 9.59 Å². The van der Waals surface area contributed by atoms with E-state index >= 15 is 0 Å². The molecule has 4 rings (SSSR count). The van der Waals surface area contributed by atoms with Crippen LogP contribution in [0.5, 0.6) is 0 Å². The molecular formula is C33H22Cl2N2Na2O6. The van der Waals surface area contributed by atoms with Crippen LogP contribution in [0.3, 0.4) is 0 Å². The van der Waals surface area contributed by atoms with Gasteiger partial charge in [0.15, 0.2) is 0 Å². The van der Waals surface area contributed by atoms with E-state index in [4.69, 9.17) is 23.2 Å². The second-order valence-electron chi connectivity index (χ2n) is 9.20. The Bertz CT molecular complexity index is 1660. The van der Waals surface area contributed by atoms with Gasteiger partial charge in [-0.25, -0.2) is 0 Å². The van der Waals surface area contributed by atoms with Gasteiger partial charge in [-0.05, 0) is 77.2 Å². The van der Waals surface area contributed by atoms with Crippen LogP contribution in [-0.2, 0) is 16.0 Å². The first kappa shape index (κ1) is 38.0. The van der Waals surface area contributed by atoms with Crippen LogP contribution >= 0.6 is 23.2 Å². The van der Waals surface area contributed by atoms with E-state index in [1.165, 1.54) is 48.6 Å². The molecule has 2 N–H and O–H groups in total. The fraction of sp³-hybridized carbons (Fsp3) is 0.0303. The predicted octanol–water partition coefficient (Wildman–Crippen LogP) is -1.38. The second-order valence-corrected chi connectivity index (χ2v) is 10.0. The number of halogens is 2. The van der Waals surface area contributed by atoms with Crippen LogP contribution in [0.4, 0.5) is 11.4 Å². The zero-order valence-electron chi connectivity index (χ0n) is 24.3. The van der Waals surface area contributed by atoms with E-state index in [2.05, 4.69) is 10.6 Å². The largest absolute Gasteiger partial charge is 1.00 e. The molecule has 0 spiro atoms. The van der Waals surface area contributed by atoms with Crippen molar-refractivity contribution in [1.29, 1.82) is 0 Å². The molecule has 0 aromatic heterocycles. The van der Waals surface area contributed by atoms with Crippen molar-refractivity contribution in [2.24, 2.45) is 0 Å². The van der Waals surface area contributed by atoms with Gasteiger partial charge in [0.1, 0.15) is 0 Å². The van der Waals surface area contributed by atoms with Gasteiger partial charge in [-0.15, -0.1) is 0 Å². The number of carboxylic acid groups (broad SMARTS) is 2. The van der Waals surface area contributed by atoms with E-state index in [1.54, 1.807) is 60.7 Å². The number of hydrogen-bond acceptors (Lipinski definition) is 6. The maximum atomic E-state index is 12.4. The standard InChI is InChI=1S/C33H24Cl2N2O6.2Na/c34-26-7-3-1-5-22(26)11-15-30(38)36-28-13-9-20(18-24(28)32(40)41)17-21-10-14-29(25(19-21)33(42)43)37-31(39)16-12-23-6-2-4-8-27(23)35;;/h1-16,18-19H,17H2,(H,36,38)(H,37,39)(H,40,41)(H,42,43);;/q;2*+1/p-2/b15-11+,16-12+;;. The zero-order valence-corrected chi connectivity index (χ0v) is 29.8. The molecule has 0 aliphatic heterocycles. The van der Waals surface area contributed by atoms with Crippen LogP contribution in [0, 0.1) is 0 Å². The van der Waals surface area contributed by atoms with Crippen LogP contribution in [-0.4, -0.2) is 23.8 Å². The summed E-state index contributed by atoms with van der Waals surface area (Å²) in [4.78, 5) is 48.6. The van der Waals surface area contributed by atoms with Crippen LogP contribution in [0.2, 0.25) is 10.0 Å². The minimum Gasteiger partial charge on any atom is -0.545 e. The van der Waals surface area contributed by atoms with E-state index in [-0.39, 0.29) is 88.0 Å². The Hall–Kier alpha value is -3.18. The van der Waals surface area contributed by atoms with Crippen LogP contribution in [0.1, 0.15) is 43.0 Å². The van der Waals surface area contributed by atoms with Gasteiger partial charge < -0.3 is 30.4 Å². The van der Waals surface area contributed by atoms with Crippen molar-refractivity contribution < 1.29 is 88.5 Å². The SMILES string of the molecule is O=C(/C=C/c1ccccc1Cl)Nc1ccc(Cc2ccc(NC(=O)/C=C/c3ccccc3Cl)c(C(=O)[O-])c2)cc1C(=O)[O-].[Na+].[Na+]. The Morgan fingerprint density at radius 2 is 0.978 bits per heavy atom. The molecule has 8 nitrogen and oxygen atoms in total. The van der Waals surface area contributed by atoms with E-state index < -0.39 is 23.8 Å². The number of carboxylic acids is 2. The maximum Gasteiger partial charge on any atom is 1.00 e.